The van der Waals surface area contributed by atoms with E-state index in [9.17, 15) is 0 Å². The second kappa shape index (κ2) is 6.45. The zero-order valence-electron chi connectivity index (χ0n) is 11.5. The van der Waals surface area contributed by atoms with Crippen LogP contribution in [0.2, 0.25) is 10.0 Å². The lowest BCUT2D eigenvalue weighted by atomic mass is 9.72. The third kappa shape index (κ3) is 3.25. The summed E-state index contributed by atoms with van der Waals surface area (Å²) in [5.41, 5.74) is 3.88. The van der Waals surface area contributed by atoms with Crippen LogP contribution in [-0.2, 0) is 0 Å². The normalized spacial score (nSPS) is 29.2. The molecule has 0 aromatic heterocycles. The van der Waals surface area contributed by atoms with Crippen molar-refractivity contribution in [2.24, 2.45) is 23.6 Å². The smallest absolute Gasteiger partial charge is 0.0517 e. The summed E-state index contributed by atoms with van der Waals surface area (Å²) in [6, 6.07) is 5.66. The molecule has 3 N–H and O–H groups in total. The fourth-order valence-corrected chi connectivity index (χ4v) is 3.79. The van der Waals surface area contributed by atoms with Gasteiger partial charge in [-0.15, -0.1) is 0 Å². The third-order valence-corrected chi connectivity index (χ3v) is 5.26. The molecule has 1 aliphatic carbocycles. The standard InChI is InChI=1S/C15H22Cl2N2/c1-9-6-7-11(8-10(9)2)15(19-18)14-12(16)4-3-5-13(14)17/h3-5,9-11,15,19H,6-8,18H2,1-2H3. The molecule has 0 aliphatic heterocycles. The van der Waals surface area contributed by atoms with Crippen molar-refractivity contribution < 1.29 is 0 Å². The Hall–Kier alpha value is -0.280. The Morgan fingerprint density at radius 3 is 2.32 bits per heavy atom. The molecule has 0 bridgehead atoms. The molecule has 1 aromatic carbocycles. The Kier molecular flexibility index (Phi) is 5.13. The highest BCUT2D eigenvalue weighted by Gasteiger charge is 2.32. The highest BCUT2D eigenvalue weighted by molar-refractivity contribution is 6.36. The van der Waals surface area contributed by atoms with Gasteiger partial charge in [0.05, 0.1) is 6.04 Å². The van der Waals surface area contributed by atoms with Gasteiger partial charge >= 0.3 is 0 Å². The maximum Gasteiger partial charge on any atom is 0.0517 e. The van der Waals surface area contributed by atoms with E-state index in [4.69, 9.17) is 29.0 Å². The summed E-state index contributed by atoms with van der Waals surface area (Å²) < 4.78 is 0. The van der Waals surface area contributed by atoms with E-state index < -0.39 is 0 Å². The summed E-state index contributed by atoms with van der Waals surface area (Å²) in [4.78, 5) is 0. The molecule has 0 radical (unpaired) electrons. The minimum Gasteiger partial charge on any atom is -0.271 e. The van der Waals surface area contributed by atoms with Gasteiger partial charge in [-0.2, -0.15) is 0 Å². The Bertz CT molecular complexity index is 416. The zero-order valence-corrected chi connectivity index (χ0v) is 13.0. The van der Waals surface area contributed by atoms with E-state index in [1.54, 1.807) is 0 Å². The first-order valence-electron chi connectivity index (χ1n) is 6.94. The second-order valence-electron chi connectivity index (χ2n) is 5.81. The lowest BCUT2D eigenvalue weighted by Gasteiger charge is -2.37. The van der Waals surface area contributed by atoms with Gasteiger partial charge in [-0.3, -0.25) is 11.3 Å². The van der Waals surface area contributed by atoms with Crippen molar-refractivity contribution >= 4 is 23.2 Å². The largest absolute Gasteiger partial charge is 0.271 e. The lowest BCUT2D eigenvalue weighted by molar-refractivity contribution is 0.171. The molecule has 0 amide bonds. The van der Waals surface area contributed by atoms with E-state index in [0.29, 0.717) is 16.0 Å². The number of nitrogens with two attached hydrogens (primary N) is 1. The zero-order chi connectivity index (χ0) is 14.0. The molecular weight excluding hydrogens is 279 g/mol. The van der Waals surface area contributed by atoms with Crippen LogP contribution in [0.3, 0.4) is 0 Å². The average Bonchev–Trinajstić information content (AvgIpc) is 2.37. The quantitative estimate of drug-likeness (QED) is 0.634. The summed E-state index contributed by atoms with van der Waals surface area (Å²) in [6.07, 6.45) is 3.57. The first kappa shape index (κ1) is 15.1. The van der Waals surface area contributed by atoms with Crippen molar-refractivity contribution in [2.45, 2.75) is 39.2 Å². The van der Waals surface area contributed by atoms with Crippen molar-refractivity contribution in [1.29, 1.82) is 0 Å². The Morgan fingerprint density at radius 1 is 1.16 bits per heavy atom. The minimum absolute atomic E-state index is 0.0381. The Balaban J connectivity index is 2.25. The molecule has 2 rings (SSSR count). The van der Waals surface area contributed by atoms with Crippen molar-refractivity contribution in [2.75, 3.05) is 0 Å². The van der Waals surface area contributed by atoms with Crippen molar-refractivity contribution in [3.8, 4) is 0 Å². The Morgan fingerprint density at radius 2 is 1.79 bits per heavy atom. The number of benzene rings is 1. The summed E-state index contributed by atoms with van der Waals surface area (Å²) >= 11 is 12.6. The Labute approximate surface area is 125 Å². The number of nitrogens with one attached hydrogen (secondary N) is 1. The molecule has 1 saturated carbocycles. The predicted octanol–water partition coefficient (Wildman–Crippen LogP) is 4.57. The number of hydrazine groups is 1. The molecular formula is C15H22Cl2N2. The van der Waals surface area contributed by atoms with Crippen LogP contribution >= 0.6 is 23.2 Å². The number of rotatable bonds is 3. The van der Waals surface area contributed by atoms with Gasteiger partial charge in [-0.05, 0) is 42.7 Å². The molecule has 0 heterocycles. The number of hydrogen-bond acceptors (Lipinski definition) is 2. The van der Waals surface area contributed by atoms with Crippen LogP contribution in [0.5, 0.6) is 0 Å². The van der Waals surface area contributed by atoms with Gasteiger partial charge in [0.1, 0.15) is 0 Å². The minimum atomic E-state index is 0.0381. The van der Waals surface area contributed by atoms with E-state index >= 15 is 0 Å². The lowest BCUT2D eigenvalue weighted by Crippen LogP contribution is -2.37. The van der Waals surface area contributed by atoms with Crippen molar-refractivity contribution in [1.82, 2.24) is 5.43 Å². The molecule has 4 atom stereocenters. The maximum absolute atomic E-state index is 6.31. The monoisotopic (exact) mass is 300 g/mol. The summed E-state index contributed by atoms with van der Waals surface area (Å²) in [5, 5.41) is 1.39. The van der Waals surface area contributed by atoms with Crippen molar-refractivity contribution in [3.63, 3.8) is 0 Å². The van der Waals surface area contributed by atoms with Gasteiger partial charge in [0.15, 0.2) is 0 Å². The van der Waals surface area contributed by atoms with Crippen LogP contribution in [0.1, 0.15) is 44.7 Å². The van der Waals surface area contributed by atoms with Crippen LogP contribution < -0.4 is 11.3 Å². The van der Waals surface area contributed by atoms with Gasteiger partial charge in [0.25, 0.3) is 0 Å². The molecule has 106 valence electrons. The van der Waals surface area contributed by atoms with E-state index in [0.717, 1.165) is 23.8 Å². The van der Waals surface area contributed by atoms with Gasteiger partial charge in [0.2, 0.25) is 0 Å². The fraction of sp³-hybridized carbons (Fsp3) is 0.600. The molecule has 4 unspecified atom stereocenters. The summed E-state index contributed by atoms with van der Waals surface area (Å²) in [7, 11) is 0. The van der Waals surface area contributed by atoms with E-state index in [1.165, 1.54) is 12.8 Å². The molecule has 1 aliphatic rings. The molecule has 1 aromatic rings. The van der Waals surface area contributed by atoms with Gasteiger partial charge in [-0.1, -0.05) is 49.5 Å². The van der Waals surface area contributed by atoms with Crippen LogP contribution in [0, 0.1) is 17.8 Å². The van der Waals surface area contributed by atoms with Crippen LogP contribution in [0.4, 0.5) is 0 Å². The van der Waals surface area contributed by atoms with Crippen LogP contribution in [0.15, 0.2) is 18.2 Å². The predicted molar refractivity (Wildman–Crippen MR) is 82.2 cm³/mol. The molecule has 4 heteroatoms. The van der Waals surface area contributed by atoms with Crippen molar-refractivity contribution in [3.05, 3.63) is 33.8 Å². The molecule has 1 fully saturated rings. The molecule has 0 spiro atoms. The van der Waals surface area contributed by atoms with E-state index in [2.05, 4.69) is 19.3 Å². The molecule has 0 saturated heterocycles. The highest BCUT2D eigenvalue weighted by Crippen LogP contribution is 2.42. The molecule has 2 nitrogen and oxygen atoms in total. The molecule has 19 heavy (non-hydrogen) atoms. The second-order valence-corrected chi connectivity index (χ2v) is 6.62. The summed E-state index contributed by atoms with van der Waals surface area (Å²) in [6.45, 7) is 4.65. The van der Waals surface area contributed by atoms with Crippen LogP contribution in [0.25, 0.3) is 0 Å². The number of halogens is 2. The van der Waals surface area contributed by atoms with Gasteiger partial charge < -0.3 is 0 Å². The van der Waals surface area contributed by atoms with E-state index in [-0.39, 0.29) is 6.04 Å². The fourth-order valence-electron chi connectivity index (χ4n) is 3.15. The number of hydrogen-bond donors (Lipinski definition) is 2. The van der Waals surface area contributed by atoms with Crippen LogP contribution in [-0.4, -0.2) is 0 Å². The average molecular weight is 301 g/mol. The maximum atomic E-state index is 6.31. The third-order valence-electron chi connectivity index (χ3n) is 4.60. The topological polar surface area (TPSA) is 38.0 Å². The van der Waals surface area contributed by atoms with Gasteiger partial charge in [0, 0.05) is 15.6 Å². The SMILES string of the molecule is CC1CCC(C(NN)c2c(Cl)cccc2Cl)CC1C. The first-order valence-corrected chi connectivity index (χ1v) is 7.70. The van der Waals surface area contributed by atoms with E-state index in [1.807, 2.05) is 18.2 Å². The van der Waals surface area contributed by atoms with Gasteiger partial charge in [-0.25, -0.2) is 0 Å². The first-order chi connectivity index (χ1) is 9.04. The summed E-state index contributed by atoms with van der Waals surface area (Å²) in [5.74, 6) is 7.79. The highest BCUT2D eigenvalue weighted by atomic mass is 35.5.